The van der Waals surface area contributed by atoms with Crippen LogP contribution < -0.4 is 9.47 Å². The molecule has 1 N–H and O–H groups in total. The van der Waals surface area contributed by atoms with Crippen molar-refractivity contribution in [3.8, 4) is 11.5 Å². The Morgan fingerprint density at radius 3 is 2.14 bits per heavy atom. The Balaban J connectivity index is 2.68. The van der Waals surface area contributed by atoms with Gasteiger partial charge in [-0.15, -0.1) is 0 Å². The van der Waals surface area contributed by atoms with Crippen molar-refractivity contribution in [2.45, 2.75) is 50.6 Å². The lowest BCUT2D eigenvalue weighted by Gasteiger charge is -2.29. The third kappa shape index (κ3) is 2.64. The second-order valence-corrected chi connectivity index (χ2v) is 6.32. The molecule has 22 heavy (non-hydrogen) atoms. The summed E-state index contributed by atoms with van der Waals surface area (Å²) in [5.74, 6) is -0.0979. The number of hydrogen-bond acceptors (Lipinski definition) is 3. The predicted octanol–water partition coefficient (Wildman–Crippen LogP) is 3.80. The minimum absolute atomic E-state index is 0.356. The van der Waals surface area contributed by atoms with E-state index < -0.39 is 17.1 Å². The van der Waals surface area contributed by atoms with E-state index in [0.717, 1.165) is 12.8 Å². The number of carboxylic acids is 1. The number of aliphatic carboxylic acids is 1. The average Bonchev–Trinajstić information content (AvgIpc) is 2.95. The molecule has 0 unspecified atom stereocenters. The number of methoxy groups -OCH3 is 2. The molecule has 0 bridgehead atoms. The van der Waals surface area contributed by atoms with Gasteiger partial charge in [0.25, 0.3) is 0 Å². The molecule has 1 aliphatic rings. The fourth-order valence-electron chi connectivity index (χ4n) is 3.31. The van der Waals surface area contributed by atoms with Gasteiger partial charge in [-0.25, -0.2) is 4.39 Å². The zero-order chi connectivity index (χ0) is 16.5. The molecule has 122 valence electrons. The van der Waals surface area contributed by atoms with Crippen molar-refractivity contribution in [2.75, 3.05) is 14.2 Å². The minimum atomic E-state index is -1.61. The lowest BCUT2D eigenvalue weighted by atomic mass is 9.77. The van der Waals surface area contributed by atoms with Crippen molar-refractivity contribution in [3.05, 3.63) is 23.3 Å². The summed E-state index contributed by atoms with van der Waals surface area (Å²) >= 11 is 0. The molecule has 4 nitrogen and oxygen atoms in total. The van der Waals surface area contributed by atoms with Gasteiger partial charge in [0.1, 0.15) is 17.2 Å². The Labute approximate surface area is 130 Å². The highest BCUT2D eigenvalue weighted by atomic mass is 19.1. The number of alkyl halides is 1. The maximum atomic E-state index is 14.4. The van der Waals surface area contributed by atoms with Gasteiger partial charge < -0.3 is 14.6 Å². The van der Waals surface area contributed by atoms with Crippen LogP contribution in [0.3, 0.4) is 0 Å². The summed E-state index contributed by atoms with van der Waals surface area (Å²) in [4.78, 5) is 11.9. The summed E-state index contributed by atoms with van der Waals surface area (Å²) in [6.07, 6.45) is 2.82. The predicted molar refractivity (Wildman–Crippen MR) is 81.5 cm³/mol. The first kappa shape index (κ1) is 16.6. The van der Waals surface area contributed by atoms with Crippen molar-refractivity contribution in [1.29, 1.82) is 0 Å². The highest BCUT2D eigenvalue weighted by Crippen LogP contribution is 2.48. The number of carboxylic acid groups (broad SMARTS) is 1. The van der Waals surface area contributed by atoms with E-state index in [-0.39, 0.29) is 0 Å². The van der Waals surface area contributed by atoms with Crippen LogP contribution in [0.15, 0.2) is 12.1 Å². The van der Waals surface area contributed by atoms with Gasteiger partial charge in [-0.2, -0.15) is 0 Å². The Morgan fingerprint density at radius 2 is 1.73 bits per heavy atom. The van der Waals surface area contributed by atoms with E-state index in [9.17, 15) is 14.3 Å². The van der Waals surface area contributed by atoms with E-state index in [4.69, 9.17) is 9.47 Å². The average molecular weight is 310 g/mol. The fourth-order valence-corrected chi connectivity index (χ4v) is 3.31. The van der Waals surface area contributed by atoms with E-state index in [0.29, 0.717) is 35.5 Å². The first-order valence-electron chi connectivity index (χ1n) is 7.45. The molecular weight excluding hydrogens is 287 g/mol. The summed E-state index contributed by atoms with van der Waals surface area (Å²) in [7, 11) is 2.94. The van der Waals surface area contributed by atoms with Crippen molar-refractivity contribution >= 4 is 5.97 Å². The first-order valence-corrected chi connectivity index (χ1v) is 7.45. The maximum absolute atomic E-state index is 14.4. The van der Waals surface area contributed by atoms with Crippen molar-refractivity contribution in [2.24, 2.45) is 0 Å². The van der Waals surface area contributed by atoms with Crippen LogP contribution in [0.25, 0.3) is 0 Å². The zero-order valence-electron chi connectivity index (χ0n) is 13.5. The standard InChI is InChI=1S/C17H23FO4/c1-16(2,18)11-9-14(22-4)12(10-13(11)21-3)17(15(19)20)7-5-6-8-17/h9-10H,5-8H2,1-4H3,(H,19,20). The fraction of sp³-hybridized carbons (Fsp3) is 0.588. The van der Waals surface area contributed by atoms with E-state index >= 15 is 0 Å². The van der Waals surface area contributed by atoms with Gasteiger partial charge in [0.05, 0.1) is 19.6 Å². The molecule has 1 fully saturated rings. The van der Waals surface area contributed by atoms with Gasteiger partial charge in [0.15, 0.2) is 0 Å². The van der Waals surface area contributed by atoms with Crippen LogP contribution in [0.5, 0.6) is 11.5 Å². The Morgan fingerprint density at radius 1 is 1.18 bits per heavy atom. The Bertz CT molecular complexity index is 569. The van der Waals surface area contributed by atoms with E-state index in [1.165, 1.54) is 28.1 Å². The number of ether oxygens (including phenoxy) is 2. The summed E-state index contributed by atoms with van der Waals surface area (Å²) in [5, 5.41) is 9.76. The molecule has 0 atom stereocenters. The number of benzene rings is 1. The van der Waals surface area contributed by atoms with E-state index in [1.807, 2.05) is 0 Å². The Hall–Kier alpha value is -1.78. The molecule has 1 aliphatic carbocycles. The zero-order valence-corrected chi connectivity index (χ0v) is 13.5. The van der Waals surface area contributed by atoms with Crippen LogP contribution in [-0.4, -0.2) is 25.3 Å². The topological polar surface area (TPSA) is 55.8 Å². The molecule has 0 aromatic heterocycles. The number of carbonyl (C=O) groups is 1. The SMILES string of the molecule is COc1cc(C2(C(=O)O)CCCC2)c(OC)cc1C(C)(C)F. The highest BCUT2D eigenvalue weighted by molar-refractivity contribution is 5.83. The summed E-state index contributed by atoms with van der Waals surface area (Å²) in [6, 6.07) is 3.20. The van der Waals surface area contributed by atoms with Crippen LogP contribution in [0.4, 0.5) is 4.39 Å². The molecule has 1 saturated carbocycles. The van der Waals surface area contributed by atoms with E-state index in [1.54, 1.807) is 12.1 Å². The van der Waals surface area contributed by atoms with Gasteiger partial charge in [0, 0.05) is 11.1 Å². The van der Waals surface area contributed by atoms with Crippen molar-refractivity contribution < 1.29 is 23.8 Å². The maximum Gasteiger partial charge on any atom is 0.314 e. The van der Waals surface area contributed by atoms with Gasteiger partial charge in [0.2, 0.25) is 0 Å². The molecule has 0 spiro atoms. The molecule has 0 heterocycles. The number of halogens is 1. The van der Waals surface area contributed by atoms with Crippen LogP contribution in [-0.2, 0) is 15.9 Å². The second-order valence-electron chi connectivity index (χ2n) is 6.32. The van der Waals surface area contributed by atoms with Gasteiger partial charge in [-0.3, -0.25) is 4.79 Å². The molecule has 0 saturated heterocycles. The lowest BCUT2D eigenvalue weighted by molar-refractivity contribution is -0.143. The van der Waals surface area contributed by atoms with Crippen LogP contribution in [0, 0.1) is 0 Å². The molecule has 5 heteroatoms. The summed E-state index contributed by atoms with van der Waals surface area (Å²) < 4.78 is 25.1. The number of rotatable bonds is 5. The van der Waals surface area contributed by atoms with Crippen LogP contribution in [0.1, 0.15) is 50.7 Å². The molecule has 1 aromatic rings. The first-order chi connectivity index (χ1) is 10.3. The highest BCUT2D eigenvalue weighted by Gasteiger charge is 2.45. The molecule has 0 aliphatic heterocycles. The van der Waals surface area contributed by atoms with Crippen LogP contribution >= 0.6 is 0 Å². The quantitative estimate of drug-likeness (QED) is 0.898. The second kappa shape index (κ2) is 5.78. The summed E-state index contributed by atoms with van der Waals surface area (Å²) in [6.45, 7) is 2.87. The molecule has 0 radical (unpaired) electrons. The van der Waals surface area contributed by atoms with Crippen LogP contribution in [0.2, 0.25) is 0 Å². The van der Waals surface area contributed by atoms with Gasteiger partial charge in [-0.1, -0.05) is 12.8 Å². The molecule has 1 aromatic carbocycles. The molecule has 2 rings (SSSR count). The molecular formula is C17H23FO4. The van der Waals surface area contributed by atoms with Gasteiger partial charge in [-0.05, 0) is 38.8 Å². The lowest BCUT2D eigenvalue weighted by Crippen LogP contribution is -2.33. The van der Waals surface area contributed by atoms with Crippen molar-refractivity contribution in [1.82, 2.24) is 0 Å². The largest absolute Gasteiger partial charge is 0.496 e. The van der Waals surface area contributed by atoms with E-state index in [2.05, 4.69) is 0 Å². The monoisotopic (exact) mass is 310 g/mol. The number of hydrogen-bond donors (Lipinski definition) is 1. The van der Waals surface area contributed by atoms with Gasteiger partial charge >= 0.3 is 5.97 Å². The smallest absolute Gasteiger partial charge is 0.314 e. The normalized spacial score (nSPS) is 17.3. The Kier molecular flexibility index (Phi) is 4.36. The summed E-state index contributed by atoms with van der Waals surface area (Å²) in [5.41, 5.74) is -1.65. The minimum Gasteiger partial charge on any atom is -0.496 e. The third-order valence-electron chi connectivity index (χ3n) is 4.54. The van der Waals surface area contributed by atoms with Crippen molar-refractivity contribution in [3.63, 3.8) is 0 Å². The third-order valence-corrected chi connectivity index (χ3v) is 4.54. The molecule has 0 amide bonds.